The summed E-state index contributed by atoms with van der Waals surface area (Å²) in [6.45, 7) is 5.10. The quantitative estimate of drug-likeness (QED) is 0.665. The number of aryl methyl sites for hydroxylation is 1. The standard InChI is InChI=1S/C14H17N3O3.ClH/c1-9-2-3-13(17(19)20)12(4-9)14(18)16-7-10-5-15-6-11(10)8-16;/h2-4,10-11,15H,5-8H2,1H3;1H/t10-,11+;. The summed E-state index contributed by atoms with van der Waals surface area (Å²) in [6.07, 6.45) is 0. The molecular weight excluding hydrogens is 294 g/mol. The highest BCUT2D eigenvalue weighted by atomic mass is 35.5. The normalized spacial score (nSPS) is 23.6. The number of amides is 1. The zero-order valence-corrected chi connectivity index (χ0v) is 12.6. The summed E-state index contributed by atoms with van der Waals surface area (Å²) in [5.74, 6) is 0.764. The van der Waals surface area contributed by atoms with Crippen LogP contribution in [0.2, 0.25) is 0 Å². The Morgan fingerprint density at radius 2 is 1.95 bits per heavy atom. The smallest absolute Gasteiger partial charge is 0.282 e. The zero-order chi connectivity index (χ0) is 14.3. The minimum absolute atomic E-state index is 0. The largest absolute Gasteiger partial charge is 0.338 e. The molecule has 2 aliphatic rings. The number of fused-ring (bicyclic) bond motifs is 1. The van der Waals surface area contributed by atoms with Gasteiger partial charge in [0, 0.05) is 32.2 Å². The molecule has 0 bridgehead atoms. The van der Waals surface area contributed by atoms with E-state index in [0.717, 1.165) is 18.7 Å². The van der Waals surface area contributed by atoms with Crippen molar-refractivity contribution in [1.29, 1.82) is 0 Å². The Morgan fingerprint density at radius 1 is 1.33 bits per heavy atom. The SMILES string of the molecule is Cc1ccc([N+](=O)[O-])c(C(=O)N2C[C@H]3CNC[C@H]3C2)c1.Cl. The second-order valence-electron chi connectivity index (χ2n) is 5.67. The lowest BCUT2D eigenvalue weighted by atomic mass is 10.0. The van der Waals surface area contributed by atoms with Crippen LogP contribution in [0.1, 0.15) is 15.9 Å². The fraction of sp³-hybridized carbons (Fsp3) is 0.500. The summed E-state index contributed by atoms with van der Waals surface area (Å²) in [5.41, 5.74) is 0.971. The Kier molecular flexibility index (Phi) is 4.49. The molecule has 1 aromatic carbocycles. The molecule has 0 aromatic heterocycles. The molecule has 0 radical (unpaired) electrons. The van der Waals surface area contributed by atoms with Crippen LogP contribution < -0.4 is 5.32 Å². The van der Waals surface area contributed by atoms with Gasteiger partial charge in [-0.1, -0.05) is 6.07 Å². The molecule has 1 amide bonds. The van der Waals surface area contributed by atoms with E-state index >= 15 is 0 Å². The molecular formula is C14H18ClN3O3. The highest BCUT2D eigenvalue weighted by Crippen LogP contribution is 2.29. The molecule has 2 aliphatic heterocycles. The Morgan fingerprint density at radius 3 is 2.52 bits per heavy atom. The maximum Gasteiger partial charge on any atom is 0.282 e. The van der Waals surface area contributed by atoms with Gasteiger partial charge in [-0.2, -0.15) is 0 Å². The molecule has 2 saturated heterocycles. The molecule has 2 fully saturated rings. The molecule has 6 nitrogen and oxygen atoms in total. The van der Waals surface area contributed by atoms with Crippen LogP contribution in [-0.2, 0) is 0 Å². The number of nitrogens with one attached hydrogen (secondary N) is 1. The number of carbonyl (C=O) groups excluding carboxylic acids is 1. The van der Waals surface area contributed by atoms with Crippen LogP contribution in [0.5, 0.6) is 0 Å². The van der Waals surface area contributed by atoms with Crippen LogP contribution in [0.15, 0.2) is 18.2 Å². The maximum atomic E-state index is 12.6. The van der Waals surface area contributed by atoms with Crippen LogP contribution in [0.25, 0.3) is 0 Å². The first-order chi connectivity index (χ1) is 9.56. The van der Waals surface area contributed by atoms with E-state index in [1.165, 1.54) is 6.07 Å². The second-order valence-corrected chi connectivity index (χ2v) is 5.67. The molecule has 0 unspecified atom stereocenters. The molecule has 3 rings (SSSR count). The number of carbonyl (C=O) groups is 1. The zero-order valence-electron chi connectivity index (χ0n) is 11.7. The molecule has 7 heteroatoms. The van der Waals surface area contributed by atoms with Gasteiger partial charge in [0.05, 0.1) is 4.92 Å². The number of hydrogen-bond acceptors (Lipinski definition) is 4. The molecule has 114 valence electrons. The van der Waals surface area contributed by atoms with Gasteiger partial charge in [0.2, 0.25) is 0 Å². The summed E-state index contributed by atoms with van der Waals surface area (Å²) >= 11 is 0. The van der Waals surface area contributed by atoms with Crippen molar-refractivity contribution in [2.45, 2.75) is 6.92 Å². The van der Waals surface area contributed by atoms with E-state index in [4.69, 9.17) is 0 Å². The third-order valence-corrected chi connectivity index (χ3v) is 4.26. The van der Waals surface area contributed by atoms with Crippen molar-refractivity contribution in [2.24, 2.45) is 11.8 Å². The molecule has 1 aromatic rings. The number of likely N-dealkylation sites (tertiary alicyclic amines) is 1. The minimum Gasteiger partial charge on any atom is -0.338 e. The predicted octanol–water partition coefficient (Wildman–Crippen LogP) is 1.62. The Labute approximate surface area is 129 Å². The number of nitro groups is 1. The molecule has 21 heavy (non-hydrogen) atoms. The first-order valence-electron chi connectivity index (χ1n) is 6.81. The van der Waals surface area contributed by atoms with Gasteiger partial charge in [0.25, 0.3) is 11.6 Å². The third kappa shape index (κ3) is 2.87. The van der Waals surface area contributed by atoms with Crippen molar-refractivity contribution < 1.29 is 9.72 Å². The van der Waals surface area contributed by atoms with Gasteiger partial charge in [0.1, 0.15) is 5.56 Å². The number of rotatable bonds is 2. The lowest BCUT2D eigenvalue weighted by molar-refractivity contribution is -0.385. The van der Waals surface area contributed by atoms with Crippen LogP contribution in [0.4, 0.5) is 5.69 Å². The average Bonchev–Trinajstić information content (AvgIpc) is 2.97. The van der Waals surface area contributed by atoms with Gasteiger partial charge in [-0.05, 0) is 30.4 Å². The van der Waals surface area contributed by atoms with Gasteiger partial charge in [0.15, 0.2) is 0 Å². The fourth-order valence-electron chi connectivity index (χ4n) is 3.17. The van der Waals surface area contributed by atoms with Gasteiger partial charge < -0.3 is 10.2 Å². The fourth-order valence-corrected chi connectivity index (χ4v) is 3.17. The third-order valence-electron chi connectivity index (χ3n) is 4.26. The number of nitro benzene ring substituents is 1. The maximum absolute atomic E-state index is 12.6. The number of halogens is 1. The van der Waals surface area contributed by atoms with Gasteiger partial charge >= 0.3 is 0 Å². The van der Waals surface area contributed by atoms with Gasteiger partial charge in [-0.25, -0.2) is 0 Å². The number of benzene rings is 1. The average molecular weight is 312 g/mol. The number of hydrogen-bond donors (Lipinski definition) is 1. The first kappa shape index (κ1) is 15.7. The van der Waals surface area contributed by atoms with Crippen molar-refractivity contribution in [2.75, 3.05) is 26.2 Å². The molecule has 0 saturated carbocycles. The van der Waals surface area contributed by atoms with E-state index in [1.807, 2.05) is 6.92 Å². The minimum atomic E-state index is -0.481. The summed E-state index contributed by atoms with van der Waals surface area (Å²) in [7, 11) is 0. The highest BCUT2D eigenvalue weighted by Gasteiger charge is 2.39. The molecule has 1 N–H and O–H groups in total. The lowest BCUT2D eigenvalue weighted by Crippen LogP contribution is -2.32. The molecule has 0 spiro atoms. The van der Waals surface area contributed by atoms with E-state index in [0.29, 0.717) is 24.9 Å². The summed E-state index contributed by atoms with van der Waals surface area (Å²) in [4.78, 5) is 24.9. The monoisotopic (exact) mass is 311 g/mol. The van der Waals surface area contributed by atoms with E-state index in [1.54, 1.807) is 17.0 Å². The van der Waals surface area contributed by atoms with Crippen molar-refractivity contribution in [3.63, 3.8) is 0 Å². The van der Waals surface area contributed by atoms with E-state index in [2.05, 4.69) is 5.32 Å². The van der Waals surface area contributed by atoms with E-state index in [9.17, 15) is 14.9 Å². The van der Waals surface area contributed by atoms with Crippen molar-refractivity contribution in [3.05, 3.63) is 39.4 Å². The Bertz CT molecular complexity index is 567. The highest BCUT2D eigenvalue weighted by molar-refractivity contribution is 5.98. The van der Waals surface area contributed by atoms with Crippen LogP contribution in [0.3, 0.4) is 0 Å². The van der Waals surface area contributed by atoms with Crippen molar-refractivity contribution in [1.82, 2.24) is 10.2 Å². The van der Waals surface area contributed by atoms with Gasteiger partial charge in [-0.3, -0.25) is 14.9 Å². The van der Waals surface area contributed by atoms with Crippen molar-refractivity contribution >= 4 is 24.0 Å². The summed E-state index contributed by atoms with van der Waals surface area (Å²) in [6, 6.07) is 4.70. The van der Waals surface area contributed by atoms with Crippen LogP contribution in [-0.4, -0.2) is 41.9 Å². The lowest BCUT2D eigenvalue weighted by Gasteiger charge is -2.17. The molecule has 2 atom stereocenters. The first-order valence-corrected chi connectivity index (χ1v) is 6.81. The predicted molar refractivity (Wildman–Crippen MR) is 80.8 cm³/mol. The topological polar surface area (TPSA) is 75.5 Å². The number of nitrogens with zero attached hydrogens (tertiary/aromatic N) is 2. The Hall–Kier alpha value is -1.66. The molecule has 0 aliphatic carbocycles. The van der Waals surface area contributed by atoms with Crippen molar-refractivity contribution in [3.8, 4) is 0 Å². The van der Waals surface area contributed by atoms with E-state index < -0.39 is 4.92 Å². The van der Waals surface area contributed by atoms with E-state index in [-0.39, 0.29) is 29.6 Å². The van der Waals surface area contributed by atoms with Crippen LogP contribution in [0, 0.1) is 28.9 Å². The summed E-state index contributed by atoms with van der Waals surface area (Å²) in [5, 5.41) is 14.4. The van der Waals surface area contributed by atoms with Gasteiger partial charge in [-0.15, -0.1) is 12.4 Å². The molecule has 2 heterocycles. The van der Waals surface area contributed by atoms with Crippen LogP contribution >= 0.6 is 12.4 Å². The second kappa shape index (κ2) is 5.99. The Balaban J connectivity index is 0.00000161. The summed E-state index contributed by atoms with van der Waals surface area (Å²) < 4.78 is 0.